The number of hydrogen-bond donors (Lipinski definition) is 1. The first-order valence-corrected chi connectivity index (χ1v) is 11.6. The summed E-state index contributed by atoms with van der Waals surface area (Å²) >= 11 is 7.00. The number of ether oxygens (including phenoxy) is 3. The van der Waals surface area contributed by atoms with Gasteiger partial charge in [0.2, 0.25) is 5.88 Å². The van der Waals surface area contributed by atoms with Gasteiger partial charge in [0.05, 0.1) is 17.5 Å². The lowest BCUT2D eigenvalue weighted by Gasteiger charge is -2.31. The van der Waals surface area contributed by atoms with Crippen LogP contribution in [0.15, 0.2) is 68.1 Å². The van der Waals surface area contributed by atoms with E-state index in [1.165, 1.54) is 0 Å². The van der Waals surface area contributed by atoms with Crippen molar-refractivity contribution in [3.8, 4) is 17.6 Å². The fourth-order valence-corrected chi connectivity index (χ4v) is 4.81. The molecule has 0 saturated carbocycles. The minimum absolute atomic E-state index is 0.0258. The molecule has 0 spiro atoms. The highest BCUT2D eigenvalue weighted by molar-refractivity contribution is 9.10. The minimum atomic E-state index is -0.609. The van der Waals surface area contributed by atoms with Gasteiger partial charge in [-0.1, -0.05) is 28.1 Å². The Bertz CT molecular complexity index is 1180. The van der Waals surface area contributed by atoms with E-state index >= 15 is 0 Å². The van der Waals surface area contributed by atoms with Crippen molar-refractivity contribution in [3.63, 3.8) is 0 Å². The number of ketones is 1. The topological polar surface area (TPSA) is 94.6 Å². The lowest BCUT2D eigenvalue weighted by molar-refractivity contribution is -0.116. The van der Waals surface area contributed by atoms with Crippen molar-refractivity contribution in [1.82, 2.24) is 0 Å². The van der Waals surface area contributed by atoms with Crippen molar-refractivity contribution >= 4 is 37.6 Å². The minimum Gasteiger partial charge on any atom is -0.493 e. The average molecular weight is 560 g/mol. The van der Waals surface area contributed by atoms with Gasteiger partial charge >= 0.3 is 0 Å². The first-order valence-electron chi connectivity index (χ1n) is 10.0. The Labute approximate surface area is 202 Å². The second kappa shape index (κ2) is 9.39. The SMILES string of the molecule is COc1cc([C@@H]2C(C#N)=C(N)OC3=C2C(=O)CCC3)cc(Br)c1OCc1ccc(Br)cc1. The molecule has 2 aromatic rings. The summed E-state index contributed by atoms with van der Waals surface area (Å²) in [5.41, 5.74) is 8.47. The molecule has 0 radical (unpaired) electrons. The number of nitrogens with zero attached hydrogens (tertiary/aromatic N) is 1. The highest BCUT2D eigenvalue weighted by Gasteiger charge is 2.38. The molecule has 1 aliphatic carbocycles. The van der Waals surface area contributed by atoms with Crippen LogP contribution in [0.25, 0.3) is 0 Å². The highest BCUT2D eigenvalue weighted by atomic mass is 79.9. The maximum Gasteiger partial charge on any atom is 0.205 e. The maximum absolute atomic E-state index is 12.8. The van der Waals surface area contributed by atoms with Gasteiger partial charge in [-0.15, -0.1) is 0 Å². The summed E-state index contributed by atoms with van der Waals surface area (Å²) in [6.45, 7) is 0.350. The second-order valence-electron chi connectivity index (χ2n) is 7.49. The van der Waals surface area contributed by atoms with E-state index in [1.807, 2.05) is 30.3 Å². The van der Waals surface area contributed by atoms with Crippen LogP contribution in [-0.2, 0) is 16.1 Å². The number of methoxy groups -OCH3 is 1. The number of carbonyl (C=O) groups excluding carboxylic acids is 1. The molecule has 0 fully saturated rings. The number of Topliss-reactive ketones (excluding diaryl/α,β-unsaturated/α-hetero) is 1. The summed E-state index contributed by atoms with van der Waals surface area (Å²) in [5, 5.41) is 9.78. The Morgan fingerprint density at radius 3 is 2.66 bits per heavy atom. The molecule has 2 N–H and O–H groups in total. The molecule has 164 valence electrons. The third-order valence-corrected chi connectivity index (χ3v) is 6.60. The number of nitriles is 1. The summed E-state index contributed by atoms with van der Waals surface area (Å²) in [5.74, 6) is 0.972. The molecule has 6 nitrogen and oxygen atoms in total. The van der Waals surface area contributed by atoms with Crippen LogP contribution < -0.4 is 15.2 Å². The molecule has 0 saturated heterocycles. The van der Waals surface area contributed by atoms with Gasteiger partial charge in [-0.3, -0.25) is 4.79 Å². The van der Waals surface area contributed by atoms with Crippen molar-refractivity contribution < 1.29 is 19.0 Å². The molecular weight excluding hydrogens is 540 g/mol. The molecule has 1 heterocycles. The Balaban J connectivity index is 1.73. The van der Waals surface area contributed by atoms with Crippen LogP contribution in [0.2, 0.25) is 0 Å². The highest BCUT2D eigenvalue weighted by Crippen LogP contribution is 2.47. The predicted molar refractivity (Wildman–Crippen MR) is 126 cm³/mol. The first kappa shape index (κ1) is 22.4. The summed E-state index contributed by atoms with van der Waals surface area (Å²) in [6.07, 6.45) is 1.74. The Morgan fingerprint density at radius 2 is 1.97 bits per heavy atom. The average Bonchev–Trinajstić information content (AvgIpc) is 2.78. The second-order valence-corrected chi connectivity index (χ2v) is 9.26. The van der Waals surface area contributed by atoms with E-state index in [9.17, 15) is 10.1 Å². The Hall–Kier alpha value is -2.76. The molecule has 2 aromatic carbocycles. The third-order valence-electron chi connectivity index (χ3n) is 5.49. The molecule has 0 unspecified atom stereocenters. The van der Waals surface area contributed by atoms with Crippen molar-refractivity contribution in [2.24, 2.45) is 5.73 Å². The number of carbonyl (C=O) groups is 1. The van der Waals surface area contributed by atoms with Crippen LogP contribution in [-0.4, -0.2) is 12.9 Å². The number of rotatable bonds is 5. The zero-order valence-corrected chi connectivity index (χ0v) is 20.5. The van der Waals surface area contributed by atoms with Crippen molar-refractivity contribution in [1.29, 1.82) is 5.26 Å². The molecule has 8 heteroatoms. The fraction of sp³-hybridized carbons (Fsp3) is 0.250. The summed E-state index contributed by atoms with van der Waals surface area (Å²) in [4.78, 5) is 12.8. The molecule has 0 bridgehead atoms. The first-order chi connectivity index (χ1) is 15.4. The van der Waals surface area contributed by atoms with E-state index in [4.69, 9.17) is 19.9 Å². The Morgan fingerprint density at radius 1 is 1.22 bits per heavy atom. The number of nitrogens with two attached hydrogens (primary N) is 1. The molecule has 4 rings (SSSR count). The summed E-state index contributed by atoms with van der Waals surface area (Å²) < 4.78 is 18.9. The van der Waals surface area contributed by atoms with E-state index in [1.54, 1.807) is 13.2 Å². The smallest absolute Gasteiger partial charge is 0.205 e. The lowest BCUT2D eigenvalue weighted by Crippen LogP contribution is -2.27. The normalized spacial score (nSPS) is 18.1. The van der Waals surface area contributed by atoms with Crippen molar-refractivity contribution in [3.05, 3.63) is 79.3 Å². The van der Waals surface area contributed by atoms with Gasteiger partial charge in [-0.25, -0.2) is 0 Å². The maximum atomic E-state index is 12.8. The van der Waals surface area contributed by atoms with Gasteiger partial charge in [0.25, 0.3) is 0 Å². The van der Waals surface area contributed by atoms with Gasteiger partial charge in [0.1, 0.15) is 24.0 Å². The standard InChI is InChI=1S/C24H20Br2N2O4/c1-30-20-10-14(9-17(26)23(20)31-12-13-5-7-15(25)8-6-13)21-16(11-27)24(28)32-19-4-2-3-18(29)22(19)21/h5-10,21H,2-4,12,28H2,1H3/t21-/m1/s1. The van der Waals surface area contributed by atoms with Gasteiger partial charge < -0.3 is 19.9 Å². The number of benzene rings is 2. The van der Waals surface area contributed by atoms with E-state index in [-0.39, 0.29) is 17.2 Å². The molecular formula is C24H20Br2N2O4. The van der Waals surface area contributed by atoms with Crippen molar-refractivity contribution in [2.75, 3.05) is 7.11 Å². The molecule has 1 atom stereocenters. The zero-order chi connectivity index (χ0) is 22.8. The van der Waals surface area contributed by atoms with Crippen LogP contribution in [0.3, 0.4) is 0 Å². The van der Waals surface area contributed by atoms with E-state index < -0.39 is 5.92 Å². The molecule has 2 aliphatic rings. The predicted octanol–water partition coefficient (Wildman–Crippen LogP) is 5.61. The fourth-order valence-electron chi connectivity index (χ4n) is 3.97. The van der Waals surface area contributed by atoms with E-state index in [0.29, 0.717) is 58.7 Å². The van der Waals surface area contributed by atoms with Gasteiger partial charge in [-0.05, 0) is 57.7 Å². The number of allylic oxidation sites excluding steroid dienone is 3. The van der Waals surface area contributed by atoms with Crippen LogP contribution in [0.4, 0.5) is 0 Å². The third kappa shape index (κ3) is 4.27. The quantitative estimate of drug-likeness (QED) is 0.511. The molecule has 32 heavy (non-hydrogen) atoms. The monoisotopic (exact) mass is 558 g/mol. The van der Waals surface area contributed by atoms with E-state index in [2.05, 4.69) is 37.9 Å². The van der Waals surface area contributed by atoms with E-state index in [0.717, 1.165) is 10.0 Å². The van der Waals surface area contributed by atoms with Crippen LogP contribution in [0, 0.1) is 11.3 Å². The number of halogens is 2. The van der Waals surface area contributed by atoms with Gasteiger partial charge in [0.15, 0.2) is 17.3 Å². The largest absolute Gasteiger partial charge is 0.493 e. The molecule has 0 amide bonds. The molecule has 0 aromatic heterocycles. The van der Waals surface area contributed by atoms with Crippen LogP contribution in [0.1, 0.15) is 36.3 Å². The zero-order valence-electron chi connectivity index (χ0n) is 17.3. The molecule has 1 aliphatic heterocycles. The van der Waals surface area contributed by atoms with Crippen LogP contribution >= 0.6 is 31.9 Å². The number of hydrogen-bond acceptors (Lipinski definition) is 6. The van der Waals surface area contributed by atoms with Crippen molar-refractivity contribution in [2.45, 2.75) is 31.8 Å². The van der Waals surface area contributed by atoms with Crippen LogP contribution in [0.5, 0.6) is 11.5 Å². The van der Waals surface area contributed by atoms with Gasteiger partial charge in [0, 0.05) is 22.9 Å². The lowest BCUT2D eigenvalue weighted by atomic mass is 9.77. The summed E-state index contributed by atoms with van der Waals surface area (Å²) in [6, 6.07) is 13.6. The summed E-state index contributed by atoms with van der Waals surface area (Å²) in [7, 11) is 1.55. The van der Waals surface area contributed by atoms with Gasteiger partial charge in [-0.2, -0.15) is 5.26 Å². The Kier molecular flexibility index (Phi) is 6.58.